The van der Waals surface area contributed by atoms with Crippen LogP contribution in [-0.4, -0.2) is 33.8 Å². The predicted octanol–water partition coefficient (Wildman–Crippen LogP) is 1.81. The fourth-order valence-corrected chi connectivity index (χ4v) is 1.59. The summed E-state index contributed by atoms with van der Waals surface area (Å²) in [6, 6.07) is 3.46. The van der Waals surface area contributed by atoms with Crippen LogP contribution in [0.2, 0.25) is 0 Å². The van der Waals surface area contributed by atoms with E-state index in [-0.39, 0.29) is 5.84 Å². The Morgan fingerprint density at radius 1 is 1.11 bits per heavy atom. The van der Waals surface area contributed by atoms with Crippen LogP contribution in [0.25, 0.3) is 0 Å². The average Bonchev–Trinajstić information content (AvgIpc) is 2.42. The van der Waals surface area contributed by atoms with Gasteiger partial charge in [-0.1, -0.05) is 0 Å². The molecule has 1 rings (SSSR count). The van der Waals surface area contributed by atoms with Crippen LogP contribution in [0.3, 0.4) is 0 Å². The summed E-state index contributed by atoms with van der Waals surface area (Å²) in [4.78, 5) is 0. The van der Waals surface area contributed by atoms with Crippen LogP contribution in [0.4, 0.5) is 0 Å². The molecule has 0 aromatic heterocycles. The third-order valence-corrected chi connectivity index (χ3v) is 2.50. The van der Waals surface area contributed by atoms with Gasteiger partial charge in [0, 0.05) is 18.6 Å². The molecular formula is C13H20N2O4. The zero-order valence-corrected chi connectivity index (χ0v) is 11.5. The van der Waals surface area contributed by atoms with Crippen LogP contribution in [-0.2, 0) is 0 Å². The van der Waals surface area contributed by atoms with E-state index >= 15 is 0 Å². The van der Waals surface area contributed by atoms with Crippen LogP contribution >= 0.6 is 0 Å². The minimum Gasteiger partial charge on any atom is -0.493 e. The number of benzene rings is 1. The van der Waals surface area contributed by atoms with Gasteiger partial charge in [-0.25, -0.2) is 0 Å². The molecule has 6 heteroatoms. The highest BCUT2D eigenvalue weighted by molar-refractivity contribution is 5.76. The molecule has 0 aliphatic heterocycles. The summed E-state index contributed by atoms with van der Waals surface area (Å²) in [7, 11) is 4.65. The smallest absolute Gasteiger partial charge is 0.203 e. The molecule has 0 radical (unpaired) electrons. The SMILES string of the molecule is COc1cc(OCCCC(=N)N)cc(OC)c1OC. The van der Waals surface area contributed by atoms with Crippen molar-refractivity contribution in [1.29, 1.82) is 5.41 Å². The van der Waals surface area contributed by atoms with Gasteiger partial charge in [-0.15, -0.1) is 0 Å². The van der Waals surface area contributed by atoms with Gasteiger partial charge >= 0.3 is 0 Å². The molecule has 0 amide bonds. The molecule has 0 saturated carbocycles. The number of amidine groups is 1. The Labute approximate surface area is 112 Å². The quantitative estimate of drug-likeness (QED) is 0.426. The molecule has 0 saturated heterocycles. The van der Waals surface area contributed by atoms with Crippen molar-refractivity contribution >= 4 is 5.84 Å². The first-order valence-electron chi connectivity index (χ1n) is 5.88. The first-order chi connectivity index (χ1) is 9.12. The Kier molecular flexibility index (Phi) is 5.78. The van der Waals surface area contributed by atoms with Gasteiger partial charge < -0.3 is 24.7 Å². The number of methoxy groups -OCH3 is 3. The second kappa shape index (κ2) is 7.35. The summed E-state index contributed by atoms with van der Waals surface area (Å²) in [5, 5.41) is 7.12. The van der Waals surface area contributed by atoms with Crippen molar-refractivity contribution < 1.29 is 18.9 Å². The Morgan fingerprint density at radius 3 is 2.11 bits per heavy atom. The molecule has 0 atom stereocenters. The van der Waals surface area contributed by atoms with Gasteiger partial charge in [0.15, 0.2) is 11.5 Å². The Morgan fingerprint density at radius 2 is 1.68 bits per heavy atom. The number of rotatable bonds is 8. The standard InChI is InChI=1S/C13H20N2O4/c1-16-10-7-9(19-6-4-5-12(14)15)8-11(17-2)13(10)18-3/h7-8H,4-6H2,1-3H3,(H3,14,15). The number of hydrogen-bond acceptors (Lipinski definition) is 5. The lowest BCUT2D eigenvalue weighted by Gasteiger charge is -2.14. The molecule has 0 unspecified atom stereocenters. The topological polar surface area (TPSA) is 86.8 Å². The summed E-state index contributed by atoms with van der Waals surface area (Å²) in [5.41, 5.74) is 5.27. The van der Waals surface area contributed by atoms with Gasteiger partial charge in [0.1, 0.15) is 5.75 Å². The number of nitrogens with two attached hydrogens (primary N) is 1. The zero-order valence-electron chi connectivity index (χ0n) is 11.5. The largest absolute Gasteiger partial charge is 0.493 e. The highest BCUT2D eigenvalue weighted by Crippen LogP contribution is 2.40. The van der Waals surface area contributed by atoms with Gasteiger partial charge in [0.2, 0.25) is 5.75 Å². The lowest BCUT2D eigenvalue weighted by atomic mass is 10.2. The third kappa shape index (κ3) is 4.24. The average molecular weight is 268 g/mol. The summed E-state index contributed by atoms with van der Waals surface area (Å²) >= 11 is 0. The molecule has 1 aromatic carbocycles. The van der Waals surface area contributed by atoms with Crippen LogP contribution in [0.15, 0.2) is 12.1 Å². The van der Waals surface area contributed by atoms with E-state index in [2.05, 4.69) is 0 Å². The molecule has 1 aromatic rings. The second-order valence-corrected chi connectivity index (χ2v) is 3.84. The molecule has 106 valence electrons. The van der Waals surface area contributed by atoms with E-state index in [9.17, 15) is 0 Å². The zero-order chi connectivity index (χ0) is 14.3. The van der Waals surface area contributed by atoms with Crippen LogP contribution in [0.5, 0.6) is 23.0 Å². The van der Waals surface area contributed by atoms with Crippen molar-refractivity contribution in [2.75, 3.05) is 27.9 Å². The van der Waals surface area contributed by atoms with E-state index in [1.807, 2.05) is 0 Å². The summed E-state index contributed by atoms with van der Waals surface area (Å²) < 4.78 is 21.2. The van der Waals surface area contributed by atoms with E-state index in [1.165, 1.54) is 0 Å². The lowest BCUT2D eigenvalue weighted by molar-refractivity contribution is 0.296. The maximum Gasteiger partial charge on any atom is 0.203 e. The summed E-state index contributed by atoms with van der Waals surface area (Å²) in [5.74, 6) is 2.40. The Balaban J connectivity index is 2.76. The predicted molar refractivity (Wildman–Crippen MR) is 72.7 cm³/mol. The highest BCUT2D eigenvalue weighted by Gasteiger charge is 2.13. The van der Waals surface area contributed by atoms with E-state index in [0.29, 0.717) is 42.4 Å². The Bertz CT molecular complexity index is 410. The number of hydrogen-bond donors (Lipinski definition) is 2. The van der Waals surface area contributed by atoms with Crippen molar-refractivity contribution in [3.8, 4) is 23.0 Å². The van der Waals surface area contributed by atoms with Gasteiger partial charge in [-0.05, 0) is 6.42 Å². The number of ether oxygens (including phenoxy) is 4. The summed E-state index contributed by atoms with van der Waals surface area (Å²) in [6.45, 7) is 0.470. The molecular weight excluding hydrogens is 248 g/mol. The van der Waals surface area contributed by atoms with Gasteiger partial charge in [-0.2, -0.15) is 0 Å². The molecule has 0 heterocycles. The normalized spacial score (nSPS) is 9.84. The maximum atomic E-state index is 7.12. The van der Waals surface area contributed by atoms with Crippen molar-refractivity contribution in [3.05, 3.63) is 12.1 Å². The van der Waals surface area contributed by atoms with Crippen LogP contribution < -0.4 is 24.7 Å². The van der Waals surface area contributed by atoms with E-state index in [0.717, 1.165) is 0 Å². The van der Waals surface area contributed by atoms with Crippen LogP contribution in [0, 0.1) is 5.41 Å². The fourth-order valence-electron chi connectivity index (χ4n) is 1.59. The highest BCUT2D eigenvalue weighted by atomic mass is 16.5. The van der Waals surface area contributed by atoms with Gasteiger partial charge in [-0.3, -0.25) is 5.41 Å². The monoisotopic (exact) mass is 268 g/mol. The molecule has 0 aliphatic carbocycles. The van der Waals surface area contributed by atoms with Crippen molar-refractivity contribution in [2.24, 2.45) is 5.73 Å². The first-order valence-corrected chi connectivity index (χ1v) is 5.88. The minimum atomic E-state index is 0.161. The number of nitrogens with one attached hydrogen (secondary N) is 1. The van der Waals surface area contributed by atoms with Gasteiger partial charge in [0.25, 0.3) is 0 Å². The minimum absolute atomic E-state index is 0.161. The molecule has 0 aliphatic rings. The second-order valence-electron chi connectivity index (χ2n) is 3.84. The summed E-state index contributed by atoms with van der Waals surface area (Å²) in [6.07, 6.45) is 1.20. The Hall–Kier alpha value is -2.11. The van der Waals surface area contributed by atoms with E-state index in [1.54, 1.807) is 33.5 Å². The molecule has 0 spiro atoms. The first kappa shape index (κ1) is 14.9. The fraction of sp³-hybridized carbons (Fsp3) is 0.462. The molecule has 0 fully saturated rings. The van der Waals surface area contributed by atoms with Crippen molar-refractivity contribution in [3.63, 3.8) is 0 Å². The molecule has 0 bridgehead atoms. The maximum absolute atomic E-state index is 7.12. The van der Waals surface area contributed by atoms with Crippen molar-refractivity contribution in [2.45, 2.75) is 12.8 Å². The third-order valence-electron chi connectivity index (χ3n) is 2.50. The van der Waals surface area contributed by atoms with E-state index in [4.69, 9.17) is 30.1 Å². The van der Waals surface area contributed by atoms with Crippen molar-refractivity contribution in [1.82, 2.24) is 0 Å². The molecule has 3 N–H and O–H groups in total. The van der Waals surface area contributed by atoms with Gasteiger partial charge in [0.05, 0.1) is 33.8 Å². The van der Waals surface area contributed by atoms with E-state index < -0.39 is 0 Å². The molecule has 19 heavy (non-hydrogen) atoms. The molecule has 6 nitrogen and oxygen atoms in total. The van der Waals surface area contributed by atoms with Crippen LogP contribution in [0.1, 0.15) is 12.8 Å². The lowest BCUT2D eigenvalue weighted by Crippen LogP contribution is -2.11.